The molecule has 0 atom stereocenters. The summed E-state index contributed by atoms with van der Waals surface area (Å²) in [6.07, 6.45) is 0. The molecule has 0 saturated carbocycles. The van der Waals surface area contributed by atoms with Crippen LogP contribution in [0.25, 0.3) is 0 Å². The Morgan fingerprint density at radius 3 is 2.62 bits per heavy atom. The van der Waals surface area contributed by atoms with Gasteiger partial charge in [0.1, 0.15) is 0 Å². The third kappa shape index (κ3) is 3.67. The van der Waals surface area contributed by atoms with Crippen LogP contribution in [0, 0.1) is 0 Å². The summed E-state index contributed by atoms with van der Waals surface area (Å²) in [7, 11) is 0. The van der Waals surface area contributed by atoms with E-state index in [1.807, 2.05) is 36.1 Å². The molecular weight excluding hydrogens is 286 g/mol. The number of benzene rings is 2. The van der Waals surface area contributed by atoms with E-state index in [0.717, 1.165) is 17.8 Å². The van der Waals surface area contributed by atoms with E-state index in [1.54, 1.807) is 18.2 Å². The first kappa shape index (κ1) is 15.2. The predicted octanol–water partition coefficient (Wildman–Crippen LogP) is 3.05. The predicted molar refractivity (Wildman–Crippen MR) is 87.5 cm³/mol. The Hall–Kier alpha value is -2.20. The molecule has 21 heavy (non-hydrogen) atoms. The number of anilines is 2. The summed E-state index contributed by atoms with van der Waals surface area (Å²) in [5, 5.41) is 0.570. The Labute approximate surface area is 129 Å². The van der Waals surface area contributed by atoms with Gasteiger partial charge in [0.15, 0.2) is 0 Å². The van der Waals surface area contributed by atoms with Crippen molar-refractivity contribution in [3.8, 4) is 0 Å². The Morgan fingerprint density at radius 1 is 1.24 bits per heavy atom. The molecule has 0 aromatic heterocycles. The van der Waals surface area contributed by atoms with Crippen molar-refractivity contribution in [2.75, 3.05) is 17.2 Å². The Morgan fingerprint density at radius 2 is 2.00 bits per heavy atom. The highest BCUT2D eigenvalue weighted by Crippen LogP contribution is 2.26. The van der Waals surface area contributed by atoms with E-state index in [-0.39, 0.29) is 0 Å². The minimum Gasteiger partial charge on any atom is -0.399 e. The van der Waals surface area contributed by atoms with Crippen molar-refractivity contribution in [1.29, 1.82) is 0 Å². The van der Waals surface area contributed by atoms with Gasteiger partial charge in [0.05, 0.1) is 11.3 Å². The van der Waals surface area contributed by atoms with E-state index >= 15 is 0 Å². The van der Waals surface area contributed by atoms with Crippen molar-refractivity contribution in [3.05, 3.63) is 58.6 Å². The molecule has 0 bridgehead atoms. The van der Waals surface area contributed by atoms with E-state index < -0.39 is 5.91 Å². The number of rotatable bonds is 5. The molecule has 4 N–H and O–H groups in total. The fourth-order valence-electron chi connectivity index (χ4n) is 2.25. The highest BCUT2D eigenvalue weighted by atomic mass is 35.5. The zero-order valence-electron chi connectivity index (χ0n) is 11.8. The number of primary amides is 1. The summed E-state index contributed by atoms with van der Waals surface area (Å²) in [5.74, 6) is -0.465. The van der Waals surface area contributed by atoms with Crippen molar-refractivity contribution < 1.29 is 4.79 Å². The lowest BCUT2D eigenvalue weighted by Crippen LogP contribution is -2.25. The molecule has 0 spiro atoms. The average Bonchev–Trinajstić information content (AvgIpc) is 2.44. The van der Waals surface area contributed by atoms with Crippen molar-refractivity contribution in [2.24, 2.45) is 5.73 Å². The van der Waals surface area contributed by atoms with Crippen LogP contribution < -0.4 is 16.4 Å². The molecule has 0 heterocycles. The van der Waals surface area contributed by atoms with Gasteiger partial charge in [-0.3, -0.25) is 4.79 Å². The summed E-state index contributed by atoms with van der Waals surface area (Å²) >= 11 is 6.05. The van der Waals surface area contributed by atoms with Gasteiger partial charge in [-0.1, -0.05) is 23.7 Å². The van der Waals surface area contributed by atoms with Gasteiger partial charge in [0.25, 0.3) is 5.91 Å². The van der Waals surface area contributed by atoms with Crippen LogP contribution >= 0.6 is 11.6 Å². The molecule has 0 aliphatic rings. The highest BCUT2D eigenvalue weighted by molar-refractivity contribution is 6.31. The molecule has 0 fully saturated rings. The number of hydrogen-bond donors (Lipinski definition) is 2. The molecule has 0 aliphatic heterocycles. The maximum absolute atomic E-state index is 11.6. The maximum atomic E-state index is 11.6. The van der Waals surface area contributed by atoms with Crippen LogP contribution in [0.4, 0.5) is 11.4 Å². The third-order valence-corrected chi connectivity index (χ3v) is 3.51. The molecule has 0 unspecified atom stereocenters. The molecule has 1 amide bonds. The van der Waals surface area contributed by atoms with Crippen LogP contribution in [0.1, 0.15) is 22.8 Å². The van der Waals surface area contributed by atoms with Crippen molar-refractivity contribution in [1.82, 2.24) is 0 Å². The number of halogens is 1. The number of hydrogen-bond acceptors (Lipinski definition) is 3. The smallest absolute Gasteiger partial charge is 0.250 e. The number of amides is 1. The van der Waals surface area contributed by atoms with Crippen LogP contribution in [0.5, 0.6) is 0 Å². The molecule has 2 aromatic carbocycles. The third-order valence-electron chi connectivity index (χ3n) is 3.27. The van der Waals surface area contributed by atoms with E-state index in [9.17, 15) is 4.79 Å². The fraction of sp³-hybridized carbons (Fsp3) is 0.188. The second-order valence-electron chi connectivity index (χ2n) is 4.78. The van der Waals surface area contributed by atoms with Gasteiger partial charge in [0, 0.05) is 23.8 Å². The standard InChI is InChI=1S/C16H18ClN3O/c1-2-20(10-11-4-3-5-13(18)8-11)15-9-12(17)6-7-14(15)16(19)21/h3-9H,2,10,18H2,1H3,(H2,19,21). The largest absolute Gasteiger partial charge is 0.399 e. The number of carbonyl (C=O) groups excluding carboxylic acids is 1. The number of nitrogen functional groups attached to an aromatic ring is 1. The molecule has 110 valence electrons. The minimum absolute atomic E-state index is 0.463. The lowest BCUT2D eigenvalue weighted by Gasteiger charge is -2.25. The van der Waals surface area contributed by atoms with E-state index in [0.29, 0.717) is 22.8 Å². The molecule has 2 rings (SSSR count). The molecule has 5 heteroatoms. The number of nitrogens with two attached hydrogens (primary N) is 2. The van der Waals surface area contributed by atoms with Crippen LogP contribution in [-0.2, 0) is 6.54 Å². The summed E-state index contributed by atoms with van der Waals surface area (Å²) in [4.78, 5) is 13.6. The van der Waals surface area contributed by atoms with Gasteiger partial charge in [-0.2, -0.15) is 0 Å². The van der Waals surface area contributed by atoms with E-state index in [1.165, 1.54) is 0 Å². The summed E-state index contributed by atoms with van der Waals surface area (Å²) < 4.78 is 0. The zero-order chi connectivity index (χ0) is 15.4. The lowest BCUT2D eigenvalue weighted by molar-refractivity contribution is 0.100. The Bertz CT molecular complexity index is 658. The topological polar surface area (TPSA) is 72.3 Å². The minimum atomic E-state index is -0.465. The lowest BCUT2D eigenvalue weighted by atomic mass is 10.1. The molecule has 4 nitrogen and oxygen atoms in total. The second kappa shape index (κ2) is 6.50. The normalized spacial score (nSPS) is 10.4. The summed E-state index contributed by atoms with van der Waals surface area (Å²) in [6, 6.07) is 12.7. The second-order valence-corrected chi connectivity index (χ2v) is 5.22. The molecule has 0 saturated heterocycles. The number of nitrogens with zero attached hydrogens (tertiary/aromatic N) is 1. The first-order valence-corrected chi connectivity index (χ1v) is 7.07. The highest BCUT2D eigenvalue weighted by Gasteiger charge is 2.14. The first-order valence-electron chi connectivity index (χ1n) is 6.70. The van der Waals surface area contributed by atoms with Gasteiger partial charge in [-0.05, 0) is 42.8 Å². The van der Waals surface area contributed by atoms with E-state index in [2.05, 4.69) is 0 Å². The summed E-state index contributed by atoms with van der Waals surface area (Å²) in [5.41, 5.74) is 14.2. The Kier molecular flexibility index (Phi) is 4.70. The van der Waals surface area contributed by atoms with Crippen LogP contribution in [0.2, 0.25) is 5.02 Å². The molecular formula is C16H18ClN3O. The maximum Gasteiger partial charge on any atom is 0.250 e. The quantitative estimate of drug-likeness (QED) is 0.834. The zero-order valence-corrected chi connectivity index (χ0v) is 12.6. The van der Waals surface area contributed by atoms with Gasteiger partial charge >= 0.3 is 0 Å². The van der Waals surface area contributed by atoms with Crippen LogP contribution in [-0.4, -0.2) is 12.5 Å². The van der Waals surface area contributed by atoms with Gasteiger partial charge < -0.3 is 16.4 Å². The molecule has 0 radical (unpaired) electrons. The summed E-state index contributed by atoms with van der Waals surface area (Å²) in [6.45, 7) is 3.36. The fourth-order valence-corrected chi connectivity index (χ4v) is 2.42. The Balaban J connectivity index is 2.37. The molecule has 0 aliphatic carbocycles. The van der Waals surface area contributed by atoms with Crippen LogP contribution in [0.15, 0.2) is 42.5 Å². The SMILES string of the molecule is CCN(Cc1cccc(N)c1)c1cc(Cl)ccc1C(N)=O. The van der Waals surface area contributed by atoms with E-state index in [4.69, 9.17) is 23.1 Å². The van der Waals surface area contributed by atoms with Crippen molar-refractivity contribution in [3.63, 3.8) is 0 Å². The monoisotopic (exact) mass is 303 g/mol. The average molecular weight is 304 g/mol. The number of carbonyl (C=O) groups is 1. The van der Waals surface area contributed by atoms with Gasteiger partial charge in [-0.15, -0.1) is 0 Å². The van der Waals surface area contributed by atoms with Crippen molar-refractivity contribution >= 4 is 28.9 Å². The first-order chi connectivity index (χ1) is 10.0. The molecule has 2 aromatic rings. The van der Waals surface area contributed by atoms with Crippen molar-refractivity contribution in [2.45, 2.75) is 13.5 Å². The van der Waals surface area contributed by atoms with Gasteiger partial charge in [-0.25, -0.2) is 0 Å². The van der Waals surface area contributed by atoms with Crippen LogP contribution in [0.3, 0.4) is 0 Å². The van der Waals surface area contributed by atoms with Gasteiger partial charge in [0.2, 0.25) is 0 Å².